The minimum atomic E-state index is -0.984. The molecule has 11 heavy (non-hydrogen) atoms. The third-order valence-corrected chi connectivity index (χ3v) is 3.24. The number of carboxylic acid groups (broad SMARTS) is 1. The lowest BCUT2D eigenvalue weighted by Crippen LogP contribution is -2.32. The van der Waals surface area contributed by atoms with Gasteiger partial charge in [-0.2, -0.15) is 0 Å². The molecule has 0 aliphatic carbocycles. The fourth-order valence-corrected chi connectivity index (χ4v) is 2.17. The lowest BCUT2D eigenvalue weighted by Gasteiger charge is -2.03. The molecule has 1 atom stereocenters. The summed E-state index contributed by atoms with van der Waals surface area (Å²) in [6.07, 6.45) is 0. The molecular formula is C5H11NO3S2. The maximum Gasteiger partial charge on any atom is 0.321 e. The van der Waals surface area contributed by atoms with E-state index in [9.17, 15) is 4.79 Å². The van der Waals surface area contributed by atoms with Crippen molar-refractivity contribution in [2.45, 2.75) is 6.04 Å². The smallest absolute Gasteiger partial charge is 0.321 e. The van der Waals surface area contributed by atoms with Crippen molar-refractivity contribution < 1.29 is 15.0 Å². The molecule has 0 aromatic rings. The molecular weight excluding hydrogens is 186 g/mol. The normalized spacial score (nSPS) is 12.9. The van der Waals surface area contributed by atoms with Gasteiger partial charge in [0.1, 0.15) is 6.04 Å². The standard InChI is InChI=1S/C5H11NO3S2/c6-4(5(8)9)3-11-10-2-1-7/h4,7H,1-3,6H2,(H,8,9)/t4-/m1/s1. The summed E-state index contributed by atoms with van der Waals surface area (Å²) in [6, 6.07) is -0.800. The van der Waals surface area contributed by atoms with Gasteiger partial charge in [-0.15, -0.1) is 0 Å². The predicted octanol–water partition coefficient (Wildman–Crippen LogP) is -0.228. The number of nitrogens with two attached hydrogens (primary N) is 1. The van der Waals surface area contributed by atoms with Gasteiger partial charge in [-0.3, -0.25) is 4.79 Å². The van der Waals surface area contributed by atoms with Crippen LogP contribution in [0.15, 0.2) is 0 Å². The first-order valence-electron chi connectivity index (χ1n) is 3.02. The Morgan fingerprint density at radius 1 is 1.55 bits per heavy atom. The molecule has 0 rings (SSSR count). The van der Waals surface area contributed by atoms with E-state index < -0.39 is 12.0 Å². The van der Waals surface area contributed by atoms with E-state index in [1.165, 1.54) is 21.6 Å². The lowest BCUT2D eigenvalue weighted by molar-refractivity contribution is -0.137. The summed E-state index contributed by atoms with van der Waals surface area (Å²) in [4.78, 5) is 10.2. The molecule has 4 nitrogen and oxygen atoms in total. The van der Waals surface area contributed by atoms with Crippen LogP contribution in [0.5, 0.6) is 0 Å². The molecule has 0 saturated heterocycles. The topological polar surface area (TPSA) is 83.5 Å². The van der Waals surface area contributed by atoms with E-state index in [0.29, 0.717) is 11.5 Å². The van der Waals surface area contributed by atoms with Crippen molar-refractivity contribution in [2.75, 3.05) is 18.1 Å². The highest BCUT2D eigenvalue weighted by atomic mass is 33.1. The Bertz CT molecular complexity index is 122. The Kier molecular flexibility index (Phi) is 6.83. The average Bonchev–Trinajstić information content (AvgIpc) is 1.97. The number of hydrogen-bond donors (Lipinski definition) is 3. The minimum absolute atomic E-state index is 0.111. The van der Waals surface area contributed by atoms with Gasteiger partial charge in [-0.1, -0.05) is 21.6 Å². The van der Waals surface area contributed by atoms with Gasteiger partial charge in [0.2, 0.25) is 0 Å². The van der Waals surface area contributed by atoms with E-state index in [-0.39, 0.29) is 6.61 Å². The van der Waals surface area contributed by atoms with Crippen molar-refractivity contribution in [3.63, 3.8) is 0 Å². The van der Waals surface area contributed by atoms with Crippen LogP contribution in [-0.2, 0) is 4.79 Å². The Morgan fingerprint density at radius 2 is 2.18 bits per heavy atom. The summed E-state index contributed by atoms with van der Waals surface area (Å²) in [5.74, 6) is -0.00103. The van der Waals surface area contributed by atoms with Crippen LogP contribution < -0.4 is 5.73 Å². The molecule has 0 aliphatic heterocycles. The van der Waals surface area contributed by atoms with Gasteiger partial charge in [0.25, 0.3) is 0 Å². The summed E-state index contributed by atoms with van der Waals surface area (Å²) in [6.45, 7) is 0.111. The predicted molar refractivity (Wildman–Crippen MR) is 47.6 cm³/mol. The molecule has 0 aliphatic rings. The van der Waals surface area contributed by atoms with E-state index in [1.807, 2.05) is 0 Å². The first-order valence-corrected chi connectivity index (χ1v) is 5.51. The summed E-state index contributed by atoms with van der Waals surface area (Å²) < 4.78 is 0. The molecule has 0 heterocycles. The molecule has 0 amide bonds. The molecule has 0 fully saturated rings. The largest absolute Gasteiger partial charge is 0.480 e. The summed E-state index contributed by atoms with van der Waals surface area (Å²) >= 11 is 0. The van der Waals surface area contributed by atoms with Gasteiger partial charge in [-0.25, -0.2) is 0 Å². The fraction of sp³-hybridized carbons (Fsp3) is 0.800. The number of carboxylic acids is 1. The highest BCUT2D eigenvalue weighted by Gasteiger charge is 2.10. The highest BCUT2D eigenvalue weighted by Crippen LogP contribution is 2.20. The third kappa shape index (κ3) is 6.49. The van der Waals surface area contributed by atoms with Crippen LogP contribution in [0.25, 0.3) is 0 Å². The van der Waals surface area contributed by atoms with Crippen LogP contribution in [0.2, 0.25) is 0 Å². The molecule has 0 radical (unpaired) electrons. The van der Waals surface area contributed by atoms with E-state index in [2.05, 4.69) is 0 Å². The van der Waals surface area contributed by atoms with Gasteiger partial charge < -0.3 is 15.9 Å². The summed E-state index contributed by atoms with van der Waals surface area (Å²) in [5.41, 5.74) is 5.20. The van der Waals surface area contributed by atoms with E-state index >= 15 is 0 Å². The van der Waals surface area contributed by atoms with Crippen molar-refractivity contribution in [3.05, 3.63) is 0 Å². The molecule has 0 saturated carbocycles. The number of aliphatic carboxylic acids is 1. The van der Waals surface area contributed by atoms with Crippen LogP contribution in [-0.4, -0.2) is 40.3 Å². The Labute approximate surface area is 72.9 Å². The number of aliphatic hydroxyl groups excluding tert-OH is 1. The van der Waals surface area contributed by atoms with Crippen molar-refractivity contribution in [3.8, 4) is 0 Å². The Balaban J connectivity index is 3.17. The van der Waals surface area contributed by atoms with Gasteiger partial charge in [0.05, 0.1) is 6.61 Å². The zero-order valence-corrected chi connectivity index (χ0v) is 7.53. The summed E-state index contributed by atoms with van der Waals surface area (Å²) in [7, 11) is 2.79. The first kappa shape index (κ1) is 11.1. The van der Waals surface area contributed by atoms with Crippen LogP contribution in [0, 0.1) is 0 Å². The molecule has 0 aromatic carbocycles. The summed E-state index contributed by atoms with van der Waals surface area (Å²) in [5, 5.41) is 16.7. The zero-order chi connectivity index (χ0) is 8.69. The molecule has 6 heteroatoms. The van der Waals surface area contributed by atoms with Crippen LogP contribution >= 0.6 is 21.6 Å². The second kappa shape index (κ2) is 6.78. The monoisotopic (exact) mass is 197 g/mol. The Morgan fingerprint density at radius 3 is 2.64 bits per heavy atom. The number of hydrogen-bond acceptors (Lipinski definition) is 5. The molecule has 0 unspecified atom stereocenters. The third-order valence-electron chi connectivity index (χ3n) is 0.823. The molecule has 66 valence electrons. The van der Waals surface area contributed by atoms with Crippen molar-refractivity contribution in [1.29, 1.82) is 0 Å². The van der Waals surface area contributed by atoms with Crippen LogP contribution in [0.1, 0.15) is 0 Å². The molecule has 4 N–H and O–H groups in total. The van der Waals surface area contributed by atoms with Crippen LogP contribution in [0.3, 0.4) is 0 Å². The maximum absolute atomic E-state index is 10.2. The van der Waals surface area contributed by atoms with Crippen molar-refractivity contribution in [1.82, 2.24) is 0 Å². The second-order valence-corrected chi connectivity index (χ2v) is 4.40. The fourth-order valence-electron chi connectivity index (χ4n) is 0.289. The number of aliphatic hydroxyl groups is 1. The molecule has 0 spiro atoms. The Hall–Kier alpha value is 0.0900. The number of rotatable bonds is 6. The lowest BCUT2D eigenvalue weighted by atomic mass is 10.4. The van der Waals surface area contributed by atoms with Gasteiger partial charge in [-0.05, 0) is 0 Å². The number of carbonyl (C=O) groups is 1. The maximum atomic E-state index is 10.2. The SMILES string of the molecule is N[C@H](CSSCCO)C(=O)O. The van der Waals surface area contributed by atoms with E-state index in [0.717, 1.165) is 0 Å². The molecule has 0 aromatic heterocycles. The second-order valence-electron chi connectivity index (χ2n) is 1.77. The van der Waals surface area contributed by atoms with E-state index in [4.69, 9.17) is 15.9 Å². The van der Waals surface area contributed by atoms with Crippen molar-refractivity contribution >= 4 is 27.6 Å². The van der Waals surface area contributed by atoms with Crippen LogP contribution in [0.4, 0.5) is 0 Å². The minimum Gasteiger partial charge on any atom is -0.480 e. The zero-order valence-electron chi connectivity index (χ0n) is 5.90. The van der Waals surface area contributed by atoms with Crippen molar-refractivity contribution in [2.24, 2.45) is 5.73 Å². The van der Waals surface area contributed by atoms with E-state index in [1.54, 1.807) is 0 Å². The van der Waals surface area contributed by atoms with Gasteiger partial charge in [0.15, 0.2) is 0 Å². The molecule has 0 bridgehead atoms. The first-order chi connectivity index (χ1) is 5.18. The van der Waals surface area contributed by atoms with Gasteiger partial charge >= 0.3 is 5.97 Å². The highest BCUT2D eigenvalue weighted by molar-refractivity contribution is 8.76. The van der Waals surface area contributed by atoms with Gasteiger partial charge in [0, 0.05) is 11.5 Å². The quantitative estimate of drug-likeness (QED) is 0.403. The average molecular weight is 197 g/mol.